The number of piperidine rings is 1. The van der Waals surface area contributed by atoms with Crippen LogP contribution < -0.4 is 10.6 Å². The smallest absolute Gasteiger partial charge is 0.204 e. The van der Waals surface area contributed by atoms with Crippen molar-refractivity contribution in [3.05, 3.63) is 53.8 Å². The normalized spacial score (nSPS) is 14.6. The van der Waals surface area contributed by atoms with Gasteiger partial charge in [-0.15, -0.1) is 0 Å². The maximum Gasteiger partial charge on any atom is 0.204 e. The fraction of sp³-hybridized carbons (Fsp3) is 0.350. The lowest BCUT2D eigenvalue weighted by atomic mass is 10.1. The maximum atomic E-state index is 13.2. The summed E-state index contributed by atoms with van der Waals surface area (Å²) in [7, 11) is 1.00. The molecular weight excluding hydrogens is 347 g/mol. The van der Waals surface area contributed by atoms with Crippen LogP contribution in [0.5, 0.6) is 5.75 Å². The van der Waals surface area contributed by atoms with Crippen LogP contribution in [0.4, 0.5) is 10.3 Å². The number of aromatic hydroxyl groups is 1. The average molecular weight is 372 g/mol. The maximum absolute atomic E-state index is 13.2. The Labute approximate surface area is 157 Å². The average Bonchev–Trinajstić information content (AvgIpc) is 3.02. The number of aliphatic hydroxyl groups is 1. The van der Waals surface area contributed by atoms with Gasteiger partial charge in [0.2, 0.25) is 5.95 Å². The lowest BCUT2D eigenvalue weighted by Crippen LogP contribution is -2.36. The van der Waals surface area contributed by atoms with Crippen molar-refractivity contribution in [1.82, 2.24) is 14.9 Å². The molecule has 1 aromatic heterocycles. The van der Waals surface area contributed by atoms with E-state index < -0.39 is 0 Å². The van der Waals surface area contributed by atoms with Crippen LogP contribution in [0.2, 0.25) is 0 Å². The molecule has 0 aliphatic carbocycles. The number of nitrogens with one attached hydrogen (secondary N) is 2. The number of phenolic OH excluding ortho intramolecular Hbond substituents is 1. The summed E-state index contributed by atoms with van der Waals surface area (Å²) in [5, 5.41) is 23.7. The van der Waals surface area contributed by atoms with Gasteiger partial charge in [0.15, 0.2) is 0 Å². The van der Waals surface area contributed by atoms with Gasteiger partial charge in [-0.25, -0.2) is 9.37 Å². The van der Waals surface area contributed by atoms with Crippen LogP contribution in [0.1, 0.15) is 18.4 Å². The molecule has 0 atom stereocenters. The quantitative estimate of drug-likeness (QED) is 0.566. The first-order valence-corrected chi connectivity index (χ1v) is 9.05. The fourth-order valence-corrected chi connectivity index (χ4v) is 3.31. The van der Waals surface area contributed by atoms with Gasteiger partial charge in [-0.3, -0.25) is 0 Å². The molecule has 4 N–H and O–H groups in total. The van der Waals surface area contributed by atoms with E-state index in [9.17, 15) is 9.50 Å². The number of aromatic nitrogens is 2. The highest BCUT2D eigenvalue weighted by atomic mass is 19.1. The zero-order valence-electron chi connectivity index (χ0n) is 15.3. The lowest BCUT2D eigenvalue weighted by Gasteiger charge is -2.24. The Morgan fingerprint density at radius 1 is 1.15 bits per heavy atom. The first kappa shape index (κ1) is 19.1. The van der Waals surface area contributed by atoms with E-state index in [1.54, 1.807) is 24.3 Å². The van der Waals surface area contributed by atoms with Gasteiger partial charge < -0.3 is 25.4 Å². The molecule has 4 rings (SSSR count). The second-order valence-electron chi connectivity index (χ2n) is 6.49. The van der Waals surface area contributed by atoms with Crippen molar-refractivity contribution < 1.29 is 14.6 Å². The molecule has 6 nitrogen and oxygen atoms in total. The summed E-state index contributed by atoms with van der Waals surface area (Å²) >= 11 is 0. The van der Waals surface area contributed by atoms with Crippen LogP contribution in [-0.4, -0.2) is 46.0 Å². The summed E-state index contributed by atoms with van der Waals surface area (Å²) in [6, 6.07) is 12.1. The molecule has 144 valence electrons. The number of anilines is 1. The lowest BCUT2D eigenvalue weighted by molar-refractivity contribution is 0.399. The van der Waals surface area contributed by atoms with Crippen LogP contribution in [0.25, 0.3) is 11.0 Å². The van der Waals surface area contributed by atoms with E-state index in [0.717, 1.165) is 55.6 Å². The molecule has 0 spiro atoms. The van der Waals surface area contributed by atoms with Gasteiger partial charge in [0.25, 0.3) is 0 Å². The molecule has 2 heterocycles. The van der Waals surface area contributed by atoms with Crippen molar-refractivity contribution in [2.24, 2.45) is 0 Å². The Hall–Kier alpha value is -2.64. The predicted molar refractivity (Wildman–Crippen MR) is 105 cm³/mol. The van der Waals surface area contributed by atoms with Crippen molar-refractivity contribution >= 4 is 17.0 Å². The van der Waals surface area contributed by atoms with Gasteiger partial charge in [-0.05, 0) is 55.8 Å². The standard InChI is InChI=1S/C19H21FN4O.CH4O/c20-14-3-1-13(2-4-14)12-24-18-6-5-16(25)11-17(18)23-19(24)22-15-7-9-21-10-8-15;1-2/h1-6,11,15,21,25H,7-10,12H2,(H,22,23);2H,1H3. The van der Waals surface area contributed by atoms with Crippen molar-refractivity contribution in [1.29, 1.82) is 0 Å². The van der Waals surface area contributed by atoms with Crippen LogP contribution in [0.15, 0.2) is 42.5 Å². The summed E-state index contributed by atoms with van der Waals surface area (Å²) in [4.78, 5) is 4.68. The minimum atomic E-state index is -0.239. The van der Waals surface area contributed by atoms with E-state index in [1.165, 1.54) is 12.1 Å². The van der Waals surface area contributed by atoms with Crippen LogP contribution in [-0.2, 0) is 6.54 Å². The molecule has 1 saturated heterocycles. The summed E-state index contributed by atoms with van der Waals surface area (Å²) in [6.45, 7) is 2.59. The number of imidazole rings is 1. The third kappa shape index (κ3) is 4.56. The fourth-order valence-electron chi connectivity index (χ4n) is 3.31. The SMILES string of the molecule is CO.Oc1ccc2c(c1)nc(NC1CCNCC1)n2Cc1ccc(F)cc1. The molecule has 0 saturated carbocycles. The predicted octanol–water partition coefficient (Wildman–Crippen LogP) is 2.70. The summed E-state index contributed by atoms with van der Waals surface area (Å²) in [5.74, 6) is 0.751. The molecule has 0 radical (unpaired) electrons. The molecule has 0 bridgehead atoms. The van der Waals surface area contributed by atoms with Crippen LogP contribution in [0, 0.1) is 5.82 Å². The van der Waals surface area contributed by atoms with Crippen molar-refractivity contribution in [2.45, 2.75) is 25.4 Å². The van der Waals surface area contributed by atoms with Gasteiger partial charge in [-0.1, -0.05) is 12.1 Å². The molecule has 1 aliphatic rings. The van der Waals surface area contributed by atoms with E-state index in [2.05, 4.69) is 20.2 Å². The Morgan fingerprint density at radius 2 is 1.85 bits per heavy atom. The highest BCUT2D eigenvalue weighted by Gasteiger charge is 2.18. The molecule has 2 aromatic carbocycles. The van der Waals surface area contributed by atoms with Gasteiger partial charge in [0.1, 0.15) is 11.6 Å². The molecule has 0 amide bonds. The third-order valence-electron chi connectivity index (χ3n) is 4.66. The number of benzene rings is 2. The monoisotopic (exact) mass is 372 g/mol. The van der Waals surface area contributed by atoms with E-state index in [1.807, 2.05) is 6.07 Å². The number of halogens is 1. The van der Waals surface area contributed by atoms with Gasteiger partial charge in [-0.2, -0.15) is 0 Å². The van der Waals surface area contributed by atoms with E-state index >= 15 is 0 Å². The minimum Gasteiger partial charge on any atom is -0.508 e. The largest absolute Gasteiger partial charge is 0.508 e. The molecule has 7 heteroatoms. The van der Waals surface area contributed by atoms with Crippen molar-refractivity contribution in [3.8, 4) is 5.75 Å². The van der Waals surface area contributed by atoms with E-state index in [-0.39, 0.29) is 11.6 Å². The number of nitrogens with zero attached hydrogens (tertiary/aromatic N) is 2. The highest BCUT2D eigenvalue weighted by molar-refractivity contribution is 5.80. The number of fused-ring (bicyclic) bond motifs is 1. The third-order valence-corrected chi connectivity index (χ3v) is 4.66. The Morgan fingerprint density at radius 3 is 2.56 bits per heavy atom. The topological polar surface area (TPSA) is 82.3 Å². The molecule has 1 aliphatic heterocycles. The summed E-state index contributed by atoms with van der Waals surface area (Å²) < 4.78 is 15.3. The van der Waals surface area contributed by atoms with E-state index in [4.69, 9.17) is 5.11 Å². The highest BCUT2D eigenvalue weighted by Crippen LogP contribution is 2.26. The number of hydrogen-bond acceptors (Lipinski definition) is 5. The number of hydrogen-bond donors (Lipinski definition) is 4. The summed E-state index contributed by atoms with van der Waals surface area (Å²) in [6.07, 6.45) is 2.09. The zero-order valence-corrected chi connectivity index (χ0v) is 15.3. The first-order valence-electron chi connectivity index (χ1n) is 9.05. The molecule has 0 unspecified atom stereocenters. The Balaban J connectivity index is 0.00000102. The van der Waals surface area contributed by atoms with Crippen molar-refractivity contribution in [3.63, 3.8) is 0 Å². The number of phenols is 1. The van der Waals surface area contributed by atoms with Gasteiger partial charge in [0.05, 0.1) is 17.6 Å². The molecular formula is C20H25FN4O2. The Bertz CT molecular complexity index is 874. The first-order chi connectivity index (χ1) is 13.2. The molecule has 27 heavy (non-hydrogen) atoms. The summed E-state index contributed by atoms with van der Waals surface area (Å²) in [5.41, 5.74) is 2.69. The number of aliphatic hydroxyl groups excluding tert-OH is 1. The molecule has 1 fully saturated rings. The number of rotatable bonds is 4. The molecule has 3 aromatic rings. The van der Waals surface area contributed by atoms with Gasteiger partial charge in [0, 0.05) is 19.2 Å². The Kier molecular flexibility index (Phi) is 6.26. The van der Waals surface area contributed by atoms with Crippen LogP contribution >= 0.6 is 0 Å². The van der Waals surface area contributed by atoms with Crippen LogP contribution in [0.3, 0.4) is 0 Å². The minimum absolute atomic E-state index is 0.201. The van der Waals surface area contributed by atoms with E-state index in [0.29, 0.717) is 12.6 Å². The second kappa shape index (κ2) is 8.83. The second-order valence-corrected chi connectivity index (χ2v) is 6.49. The van der Waals surface area contributed by atoms with Gasteiger partial charge >= 0.3 is 0 Å². The van der Waals surface area contributed by atoms with Crippen molar-refractivity contribution in [2.75, 3.05) is 25.5 Å². The zero-order chi connectivity index (χ0) is 19.2.